The molecule has 1 saturated heterocycles. The molecule has 1 aliphatic rings. The van der Waals surface area contributed by atoms with E-state index in [-0.39, 0.29) is 6.04 Å². The van der Waals surface area contributed by atoms with Gasteiger partial charge < -0.3 is 20.5 Å². The van der Waals surface area contributed by atoms with Gasteiger partial charge in [0.1, 0.15) is 6.10 Å². The molecule has 0 aliphatic carbocycles. The third kappa shape index (κ3) is 5.45. The molecule has 0 saturated carbocycles. The monoisotopic (exact) mass is 451 g/mol. The Kier molecular flexibility index (Phi) is 6.70. The number of ether oxygens (including phenoxy) is 2. The first kappa shape index (κ1) is 21.8. The van der Waals surface area contributed by atoms with Crippen LogP contribution in [0.2, 0.25) is 0 Å². The number of amides is 2. The third-order valence-electron chi connectivity index (χ3n) is 5.59. The van der Waals surface area contributed by atoms with Crippen molar-refractivity contribution in [3.05, 3.63) is 88.4 Å². The van der Waals surface area contributed by atoms with E-state index in [2.05, 4.69) is 10.3 Å². The maximum Gasteiger partial charge on any atom is 0.407 e. The average Bonchev–Trinajstić information content (AvgIpc) is 3.27. The molecule has 2 amide bonds. The molecular weight excluding hydrogens is 426 g/mol. The number of rotatable bonds is 8. The van der Waals surface area contributed by atoms with Gasteiger partial charge in [-0.25, -0.2) is 9.59 Å². The second kappa shape index (κ2) is 9.82. The Hall–Kier alpha value is -3.39. The van der Waals surface area contributed by atoms with Gasteiger partial charge >= 0.3 is 12.2 Å². The highest BCUT2D eigenvalue weighted by Gasteiger charge is 2.48. The van der Waals surface area contributed by atoms with E-state index in [1.807, 2.05) is 60.7 Å². The van der Waals surface area contributed by atoms with Crippen LogP contribution in [0.3, 0.4) is 0 Å². The van der Waals surface area contributed by atoms with E-state index in [9.17, 15) is 9.59 Å². The summed E-state index contributed by atoms with van der Waals surface area (Å²) in [5, 5.41) is 2.90. The van der Waals surface area contributed by atoms with Crippen LogP contribution in [0, 0.1) is 0 Å². The lowest BCUT2D eigenvalue weighted by molar-refractivity contribution is -0.0984. The molecule has 1 aliphatic heterocycles. The lowest BCUT2D eigenvalue weighted by Crippen LogP contribution is -2.59. The zero-order chi connectivity index (χ0) is 22.4. The second-order valence-corrected chi connectivity index (χ2v) is 8.92. The normalized spacial score (nSPS) is 19.9. The van der Waals surface area contributed by atoms with Gasteiger partial charge in [0.05, 0.1) is 5.51 Å². The van der Waals surface area contributed by atoms with Crippen LogP contribution >= 0.6 is 11.3 Å². The Morgan fingerprint density at radius 2 is 1.81 bits per heavy atom. The maximum atomic E-state index is 12.5. The summed E-state index contributed by atoms with van der Waals surface area (Å²) in [4.78, 5) is 29.7. The van der Waals surface area contributed by atoms with Crippen molar-refractivity contribution in [1.82, 2.24) is 10.3 Å². The summed E-state index contributed by atoms with van der Waals surface area (Å²) < 4.78 is 11.6. The number of nitrogens with two attached hydrogens (primary N) is 1. The predicted octanol–water partition coefficient (Wildman–Crippen LogP) is 3.87. The first-order valence-corrected chi connectivity index (χ1v) is 11.3. The summed E-state index contributed by atoms with van der Waals surface area (Å²) in [7, 11) is 0. The fraction of sp³-hybridized carbons (Fsp3) is 0.292. The molecular formula is C24H25N3O4S. The highest BCUT2D eigenvalue weighted by Crippen LogP contribution is 2.34. The SMILES string of the molecule is NC(=O)O[C@@](Cc1ccccc1)(Cc1cncs1)[C@@H]1C[C@H](Cc2ccccc2)NC(=O)O1. The van der Waals surface area contributed by atoms with Crippen molar-refractivity contribution < 1.29 is 19.1 Å². The molecule has 0 radical (unpaired) electrons. The Morgan fingerprint density at radius 1 is 1.12 bits per heavy atom. The van der Waals surface area contributed by atoms with Gasteiger partial charge in [0.2, 0.25) is 0 Å². The van der Waals surface area contributed by atoms with Crippen LogP contribution in [-0.4, -0.2) is 34.9 Å². The summed E-state index contributed by atoms with van der Waals surface area (Å²) in [6.07, 6.45) is 1.43. The Balaban J connectivity index is 1.67. The average molecular weight is 452 g/mol. The van der Waals surface area contributed by atoms with Crippen molar-refractivity contribution in [2.75, 3.05) is 0 Å². The van der Waals surface area contributed by atoms with Crippen molar-refractivity contribution in [1.29, 1.82) is 0 Å². The van der Waals surface area contributed by atoms with Crippen molar-refractivity contribution in [2.24, 2.45) is 5.73 Å². The van der Waals surface area contributed by atoms with E-state index in [4.69, 9.17) is 15.2 Å². The number of carbonyl (C=O) groups excluding carboxylic acids is 2. The molecule has 166 valence electrons. The molecule has 32 heavy (non-hydrogen) atoms. The zero-order valence-electron chi connectivity index (χ0n) is 17.5. The predicted molar refractivity (Wildman–Crippen MR) is 121 cm³/mol. The molecule has 0 spiro atoms. The molecule has 0 bridgehead atoms. The number of nitrogens with one attached hydrogen (secondary N) is 1. The molecule has 2 heterocycles. The number of cyclic esters (lactones) is 1. The van der Waals surface area contributed by atoms with E-state index < -0.39 is 23.9 Å². The number of benzene rings is 2. The Labute approximate surface area is 190 Å². The molecule has 8 heteroatoms. The van der Waals surface area contributed by atoms with E-state index in [0.29, 0.717) is 25.7 Å². The molecule has 2 aromatic carbocycles. The number of hydrogen-bond donors (Lipinski definition) is 2. The lowest BCUT2D eigenvalue weighted by atomic mass is 9.81. The quantitative estimate of drug-likeness (QED) is 0.541. The van der Waals surface area contributed by atoms with Gasteiger partial charge in [-0.3, -0.25) is 4.98 Å². The number of aromatic nitrogens is 1. The van der Waals surface area contributed by atoms with Gasteiger partial charge in [0, 0.05) is 36.4 Å². The van der Waals surface area contributed by atoms with Crippen LogP contribution in [0.4, 0.5) is 9.59 Å². The highest BCUT2D eigenvalue weighted by molar-refractivity contribution is 7.09. The van der Waals surface area contributed by atoms with Gasteiger partial charge in [-0.15, -0.1) is 11.3 Å². The second-order valence-electron chi connectivity index (χ2n) is 7.95. The Bertz CT molecular complexity index is 1030. The summed E-state index contributed by atoms with van der Waals surface area (Å²) in [5.74, 6) is 0. The van der Waals surface area contributed by atoms with Crippen LogP contribution in [0.15, 0.2) is 72.4 Å². The number of thiazole rings is 1. The largest absolute Gasteiger partial charge is 0.442 e. The topological polar surface area (TPSA) is 104 Å². The third-order valence-corrected chi connectivity index (χ3v) is 6.37. The minimum Gasteiger partial charge on any atom is -0.442 e. The van der Waals surface area contributed by atoms with Crippen molar-refractivity contribution in [2.45, 2.75) is 43.4 Å². The van der Waals surface area contributed by atoms with Crippen molar-refractivity contribution in [3.8, 4) is 0 Å². The summed E-state index contributed by atoms with van der Waals surface area (Å²) >= 11 is 1.46. The van der Waals surface area contributed by atoms with Gasteiger partial charge in [-0.1, -0.05) is 60.7 Å². The van der Waals surface area contributed by atoms with Gasteiger partial charge in [-0.2, -0.15) is 0 Å². The van der Waals surface area contributed by atoms with Crippen LogP contribution in [0.1, 0.15) is 22.4 Å². The Morgan fingerprint density at radius 3 is 2.44 bits per heavy atom. The molecule has 3 N–H and O–H groups in total. The number of carbonyl (C=O) groups is 2. The summed E-state index contributed by atoms with van der Waals surface area (Å²) in [6, 6.07) is 19.4. The highest BCUT2D eigenvalue weighted by atomic mass is 32.1. The zero-order valence-corrected chi connectivity index (χ0v) is 18.3. The van der Waals surface area contributed by atoms with E-state index in [1.165, 1.54) is 11.3 Å². The number of alkyl carbamates (subject to hydrolysis) is 1. The van der Waals surface area contributed by atoms with E-state index >= 15 is 0 Å². The van der Waals surface area contributed by atoms with Crippen LogP contribution in [0.25, 0.3) is 0 Å². The van der Waals surface area contributed by atoms with Crippen molar-refractivity contribution >= 4 is 23.5 Å². The molecule has 7 nitrogen and oxygen atoms in total. The minimum atomic E-state index is -1.16. The molecule has 0 unspecified atom stereocenters. The van der Waals surface area contributed by atoms with Crippen LogP contribution in [0.5, 0.6) is 0 Å². The first-order chi connectivity index (χ1) is 15.5. The molecule has 1 aromatic heterocycles. The van der Waals surface area contributed by atoms with Gasteiger partial charge in [0.15, 0.2) is 5.60 Å². The number of nitrogens with zero attached hydrogens (tertiary/aromatic N) is 1. The fourth-order valence-electron chi connectivity index (χ4n) is 4.24. The fourth-order valence-corrected chi connectivity index (χ4v) is 4.95. The van der Waals surface area contributed by atoms with Gasteiger partial charge in [0.25, 0.3) is 0 Å². The number of hydrogen-bond acceptors (Lipinski definition) is 6. The molecule has 4 rings (SSSR count). The van der Waals surface area contributed by atoms with Crippen molar-refractivity contribution in [3.63, 3.8) is 0 Å². The van der Waals surface area contributed by atoms with E-state index in [0.717, 1.165) is 16.0 Å². The molecule has 3 atom stereocenters. The maximum absolute atomic E-state index is 12.5. The standard InChI is InChI=1S/C24H25N3O4S/c25-22(28)31-24(14-20-15-26-16-32-20,13-18-9-5-2-6-10-18)21-12-19(27-23(29)30-21)11-17-7-3-1-4-8-17/h1-10,15-16,19,21H,11-14H2,(H2,25,28)(H,27,29)/t19-,21-,24-/m0/s1. The molecule has 1 fully saturated rings. The van der Waals surface area contributed by atoms with E-state index in [1.54, 1.807) is 11.7 Å². The minimum absolute atomic E-state index is 0.170. The smallest absolute Gasteiger partial charge is 0.407 e. The lowest BCUT2D eigenvalue weighted by Gasteiger charge is -2.42. The first-order valence-electron chi connectivity index (χ1n) is 10.4. The number of primary amides is 1. The van der Waals surface area contributed by atoms with Crippen LogP contribution < -0.4 is 11.1 Å². The summed E-state index contributed by atoms with van der Waals surface area (Å²) in [6.45, 7) is 0. The van der Waals surface area contributed by atoms with Gasteiger partial charge in [-0.05, 0) is 17.5 Å². The molecule has 3 aromatic rings. The van der Waals surface area contributed by atoms with Crippen LogP contribution in [-0.2, 0) is 28.7 Å². The summed E-state index contributed by atoms with van der Waals surface area (Å²) in [5.41, 5.74) is 8.15.